The van der Waals surface area contributed by atoms with E-state index in [1.54, 1.807) is 0 Å². The first-order chi connectivity index (χ1) is 12.8. The molecule has 1 saturated heterocycles. The number of nitrogens with one attached hydrogen (secondary N) is 1. The van der Waals surface area contributed by atoms with Crippen LogP contribution in [0.2, 0.25) is 0 Å². The van der Waals surface area contributed by atoms with Crippen molar-refractivity contribution in [2.45, 2.75) is 18.2 Å². The van der Waals surface area contributed by atoms with Crippen molar-refractivity contribution in [1.82, 2.24) is 19.4 Å². The summed E-state index contributed by atoms with van der Waals surface area (Å²) in [7, 11) is -0.611. The van der Waals surface area contributed by atoms with E-state index in [4.69, 9.17) is 0 Å². The number of carbonyl (C=O) groups excluding carboxylic acids is 2. The maximum atomic E-state index is 12.2. The standard InChI is InChI=1S/C18H28N4O4S/c1-4-21-11-13-22(14-12-21)17(23)9-10-19-18(24)15-5-7-16(8-6-15)27(25,26)20(2)3/h5-8H,4,9-14H2,1-3H3,(H,19,24). The molecule has 1 heterocycles. The fraction of sp³-hybridized carbons (Fsp3) is 0.556. The smallest absolute Gasteiger partial charge is 0.251 e. The highest BCUT2D eigenvalue weighted by molar-refractivity contribution is 7.89. The molecular weight excluding hydrogens is 368 g/mol. The highest BCUT2D eigenvalue weighted by Gasteiger charge is 2.20. The molecule has 1 aromatic rings. The van der Waals surface area contributed by atoms with Gasteiger partial charge in [-0.2, -0.15) is 0 Å². The molecule has 1 aromatic carbocycles. The van der Waals surface area contributed by atoms with Gasteiger partial charge < -0.3 is 15.1 Å². The summed E-state index contributed by atoms with van der Waals surface area (Å²) in [6.45, 7) is 6.57. The quantitative estimate of drug-likeness (QED) is 0.712. The molecule has 2 amide bonds. The van der Waals surface area contributed by atoms with Gasteiger partial charge in [0.05, 0.1) is 4.90 Å². The summed E-state index contributed by atoms with van der Waals surface area (Å²) in [5.74, 6) is -0.286. The number of rotatable bonds is 7. The van der Waals surface area contributed by atoms with Gasteiger partial charge in [-0.15, -0.1) is 0 Å². The minimum absolute atomic E-state index is 0.0403. The van der Waals surface area contributed by atoms with Crippen LogP contribution in [-0.2, 0) is 14.8 Å². The zero-order valence-corrected chi connectivity index (χ0v) is 17.0. The van der Waals surface area contributed by atoms with Crippen LogP contribution in [0.25, 0.3) is 0 Å². The molecule has 0 saturated carbocycles. The van der Waals surface area contributed by atoms with Gasteiger partial charge in [-0.1, -0.05) is 6.92 Å². The number of hydrogen-bond acceptors (Lipinski definition) is 5. The fourth-order valence-electron chi connectivity index (χ4n) is 2.85. The van der Waals surface area contributed by atoms with Crippen LogP contribution in [0.3, 0.4) is 0 Å². The Bertz CT molecular complexity index is 754. The molecule has 1 aliphatic rings. The summed E-state index contributed by atoms with van der Waals surface area (Å²) in [6.07, 6.45) is 0.255. The lowest BCUT2D eigenvalue weighted by Gasteiger charge is -2.34. The van der Waals surface area contributed by atoms with Gasteiger partial charge in [-0.25, -0.2) is 12.7 Å². The molecule has 0 spiro atoms. The summed E-state index contributed by atoms with van der Waals surface area (Å²) in [6, 6.07) is 5.75. The molecule has 0 atom stereocenters. The van der Waals surface area contributed by atoms with Gasteiger partial charge in [0.2, 0.25) is 15.9 Å². The van der Waals surface area contributed by atoms with Gasteiger partial charge in [0.15, 0.2) is 0 Å². The van der Waals surface area contributed by atoms with Gasteiger partial charge in [-0.05, 0) is 30.8 Å². The molecule has 0 unspecified atom stereocenters. The number of amides is 2. The Morgan fingerprint density at radius 1 is 1.07 bits per heavy atom. The highest BCUT2D eigenvalue weighted by atomic mass is 32.2. The first-order valence-corrected chi connectivity index (χ1v) is 10.5. The van der Waals surface area contributed by atoms with Gasteiger partial charge in [0.1, 0.15) is 0 Å². The zero-order chi connectivity index (χ0) is 20.0. The van der Waals surface area contributed by atoms with E-state index in [1.807, 2.05) is 4.90 Å². The van der Waals surface area contributed by atoms with Crippen molar-refractivity contribution >= 4 is 21.8 Å². The Morgan fingerprint density at radius 3 is 2.19 bits per heavy atom. The Morgan fingerprint density at radius 2 is 1.67 bits per heavy atom. The summed E-state index contributed by atoms with van der Waals surface area (Å²) >= 11 is 0. The summed E-state index contributed by atoms with van der Waals surface area (Å²) < 4.78 is 25.2. The minimum Gasteiger partial charge on any atom is -0.352 e. The molecule has 0 bridgehead atoms. The first kappa shape index (κ1) is 21.3. The van der Waals surface area contributed by atoms with E-state index < -0.39 is 10.0 Å². The molecule has 2 rings (SSSR count). The highest BCUT2D eigenvalue weighted by Crippen LogP contribution is 2.14. The van der Waals surface area contributed by atoms with Crippen LogP contribution in [0.1, 0.15) is 23.7 Å². The first-order valence-electron chi connectivity index (χ1n) is 9.06. The SMILES string of the molecule is CCN1CCN(C(=O)CCNC(=O)c2ccc(S(=O)(=O)N(C)C)cc2)CC1. The van der Waals surface area contributed by atoms with E-state index in [0.717, 1.165) is 37.0 Å². The Balaban J connectivity index is 1.81. The Kier molecular flexibility index (Phi) is 7.34. The minimum atomic E-state index is -3.52. The van der Waals surface area contributed by atoms with Gasteiger partial charge >= 0.3 is 0 Å². The number of sulfonamides is 1. The van der Waals surface area contributed by atoms with E-state index in [-0.39, 0.29) is 29.7 Å². The van der Waals surface area contributed by atoms with Crippen LogP contribution < -0.4 is 5.32 Å². The summed E-state index contributed by atoms with van der Waals surface area (Å²) in [4.78, 5) is 28.7. The van der Waals surface area contributed by atoms with E-state index in [9.17, 15) is 18.0 Å². The van der Waals surface area contributed by atoms with Crippen LogP contribution >= 0.6 is 0 Å². The zero-order valence-electron chi connectivity index (χ0n) is 16.1. The average Bonchev–Trinajstić information content (AvgIpc) is 2.67. The maximum Gasteiger partial charge on any atom is 0.251 e. The Labute approximate surface area is 161 Å². The molecule has 27 heavy (non-hydrogen) atoms. The van der Waals surface area contributed by atoms with E-state index in [0.29, 0.717) is 5.56 Å². The van der Waals surface area contributed by atoms with Crippen molar-refractivity contribution in [1.29, 1.82) is 0 Å². The van der Waals surface area contributed by atoms with E-state index in [1.165, 1.54) is 38.4 Å². The monoisotopic (exact) mass is 396 g/mol. The summed E-state index contributed by atoms with van der Waals surface area (Å²) in [5, 5.41) is 2.71. The number of piperazine rings is 1. The lowest BCUT2D eigenvalue weighted by Crippen LogP contribution is -2.49. The second-order valence-corrected chi connectivity index (χ2v) is 8.78. The average molecular weight is 397 g/mol. The number of carbonyl (C=O) groups is 2. The molecule has 150 valence electrons. The third-order valence-corrected chi connectivity index (χ3v) is 6.52. The van der Waals surface area contributed by atoms with Gasteiger partial charge in [-0.3, -0.25) is 9.59 Å². The van der Waals surface area contributed by atoms with Gasteiger partial charge in [0, 0.05) is 58.8 Å². The molecule has 8 nitrogen and oxygen atoms in total. The molecule has 0 aliphatic carbocycles. The molecule has 1 fully saturated rings. The van der Waals surface area contributed by atoms with Crippen LogP contribution in [-0.4, -0.2) is 87.7 Å². The van der Waals surface area contributed by atoms with Crippen LogP contribution in [0.5, 0.6) is 0 Å². The lowest BCUT2D eigenvalue weighted by molar-refractivity contribution is -0.132. The fourth-order valence-corrected chi connectivity index (χ4v) is 3.75. The molecule has 0 aromatic heterocycles. The largest absolute Gasteiger partial charge is 0.352 e. The molecule has 1 N–H and O–H groups in total. The van der Waals surface area contributed by atoms with Crippen molar-refractivity contribution in [3.05, 3.63) is 29.8 Å². The predicted octanol–water partition coefficient (Wildman–Crippen LogP) is 0.221. The van der Waals surface area contributed by atoms with Crippen LogP contribution in [0.4, 0.5) is 0 Å². The van der Waals surface area contributed by atoms with Crippen molar-refractivity contribution in [3.8, 4) is 0 Å². The van der Waals surface area contributed by atoms with Crippen molar-refractivity contribution in [2.75, 3.05) is 53.4 Å². The third-order valence-electron chi connectivity index (χ3n) is 4.69. The molecular formula is C18H28N4O4S. The topological polar surface area (TPSA) is 90.0 Å². The maximum absolute atomic E-state index is 12.2. The van der Waals surface area contributed by atoms with E-state index >= 15 is 0 Å². The van der Waals surface area contributed by atoms with Gasteiger partial charge in [0.25, 0.3) is 5.91 Å². The number of likely N-dealkylation sites (N-methyl/N-ethyl adjacent to an activating group) is 1. The Hall–Kier alpha value is -1.97. The number of hydrogen-bond donors (Lipinski definition) is 1. The van der Waals surface area contributed by atoms with Crippen molar-refractivity contribution < 1.29 is 18.0 Å². The molecule has 9 heteroatoms. The molecule has 1 aliphatic heterocycles. The van der Waals surface area contributed by atoms with Crippen LogP contribution in [0, 0.1) is 0 Å². The third kappa shape index (κ3) is 5.50. The second kappa shape index (κ2) is 9.29. The number of nitrogens with zero attached hydrogens (tertiary/aromatic N) is 3. The summed E-state index contributed by atoms with van der Waals surface area (Å²) in [5.41, 5.74) is 0.358. The second-order valence-electron chi connectivity index (χ2n) is 6.63. The van der Waals surface area contributed by atoms with Crippen molar-refractivity contribution in [2.24, 2.45) is 0 Å². The molecule has 0 radical (unpaired) electrons. The van der Waals surface area contributed by atoms with Crippen molar-refractivity contribution in [3.63, 3.8) is 0 Å². The van der Waals surface area contributed by atoms with E-state index in [2.05, 4.69) is 17.1 Å². The van der Waals surface area contributed by atoms with Crippen LogP contribution in [0.15, 0.2) is 29.2 Å². The normalized spacial score (nSPS) is 15.8. The lowest BCUT2D eigenvalue weighted by atomic mass is 10.2. The predicted molar refractivity (Wildman–Crippen MR) is 103 cm³/mol. The number of benzene rings is 1.